The van der Waals surface area contributed by atoms with Crippen LogP contribution in [0, 0.1) is 17.7 Å². The highest BCUT2D eigenvalue weighted by Crippen LogP contribution is 2.31. The lowest BCUT2D eigenvalue weighted by Crippen LogP contribution is -2.31. The number of halogens is 1. The van der Waals surface area contributed by atoms with Crippen LogP contribution in [0.25, 0.3) is 0 Å². The molecule has 0 radical (unpaired) electrons. The molecule has 0 saturated heterocycles. The van der Waals surface area contributed by atoms with Crippen LogP contribution in [-0.4, -0.2) is 22.1 Å². The molecule has 1 saturated carbocycles. The van der Waals surface area contributed by atoms with Crippen molar-refractivity contribution in [3.8, 4) is 0 Å². The maximum absolute atomic E-state index is 13.0. The van der Waals surface area contributed by atoms with E-state index >= 15 is 0 Å². The first-order chi connectivity index (χ1) is 8.97. The topological polar surface area (TPSA) is 62.2 Å². The van der Waals surface area contributed by atoms with E-state index < -0.39 is 11.8 Å². The average molecular weight is 266 g/mol. The molecule has 1 aliphatic carbocycles. The van der Waals surface area contributed by atoms with Crippen molar-refractivity contribution in [2.45, 2.75) is 39.2 Å². The molecule has 19 heavy (non-hydrogen) atoms. The highest BCUT2D eigenvalue weighted by molar-refractivity contribution is 5.93. The van der Waals surface area contributed by atoms with Crippen molar-refractivity contribution in [1.82, 2.24) is 4.98 Å². The van der Waals surface area contributed by atoms with Crippen LogP contribution >= 0.6 is 0 Å². The molecule has 5 heteroatoms. The summed E-state index contributed by atoms with van der Waals surface area (Å²) in [6.45, 7) is 4.44. The third-order valence-corrected chi connectivity index (χ3v) is 4.02. The van der Waals surface area contributed by atoms with E-state index in [1.54, 1.807) is 0 Å². The van der Waals surface area contributed by atoms with Gasteiger partial charge >= 0.3 is 5.97 Å². The number of anilines is 1. The number of nitrogens with zero attached hydrogens (tertiary/aromatic N) is 1. The predicted molar refractivity (Wildman–Crippen MR) is 70.7 cm³/mol. The van der Waals surface area contributed by atoms with Gasteiger partial charge in [0.2, 0.25) is 0 Å². The minimum absolute atomic E-state index is 0.105. The van der Waals surface area contributed by atoms with E-state index in [0.29, 0.717) is 11.8 Å². The molecular weight excluding hydrogens is 247 g/mol. The lowest BCUT2D eigenvalue weighted by atomic mass is 9.79. The standard InChI is InChI=1S/C14H19FN2O2/c1-8-3-4-11(5-9(8)2)17-13-12(14(18)19)6-10(15)7-16-13/h6-9,11H,3-5H2,1-2H3,(H,16,17)(H,18,19). The number of aromatic nitrogens is 1. The predicted octanol–water partition coefficient (Wildman–Crippen LogP) is 3.16. The van der Waals surface area contributed by atoms with Gasteiger partial charge in [-0.1, -0.05) is 13.8 Å². The third kappa shape index (κ3) is 3.22. The summed E-state index contributed by atoms with van der Waals surface area (Å²) in [6.07, 6.45) is 4.13. The van der Waals surface area contributed by atoms with Crippen LogP contribution in [0.3, 0.4) is 0 Å². The second-order valence-corrected chi connectivity index (χ2v) is 5.46. The fourth-order valence-electron chi connectivity index (χ4n) is 2.59. The quantitative estimate of drug-likeness (QED) is 0.882. The molecule has 0 spiro atoms. The van der Waals surface area contributed by atoms with Crippen molar-refractivity contribution in [3.63, 3.8) is 0 Å². The SMILES string of the molecule is CC1CCC(Nc2ncc(F)cc2C(=O)O)CC1C. The Hall–Kier alpha value is -1.65. The summed E-state index contributed by atoms with van der Waals surface area (Å²) in [4.78, 5) is 15.0. The Kier molecular flexibility index (Phi) is 4.02. The lowest BCUT2D eigenvalue weighted by molar-refractivity contribution is 0.0697. The van der Waals surface area contributed by atoms with Crippen LogP contribution in [0.1, 0.15) is 43.5 Å². The molecule has 104 valence electrons. The van der Waals surface area contributed by atoms with Gasteiger partial charge < -0.3 is 10.4 Å². The zero-order valence-corrected chi connectivity index (χ0v) is 11.2. The molecule has 0 aromatic carbocycles. The average Bonchev–Trinajstić information content (AvgIpc) is 2.36. The number of nitrogens with one attached hydrogen (secondary N) is 1. The zero-order valence-electron chi connectivity index (χ0n) is 11.2. The number of carboxylic acids is 1. The summed E-state index contributed by atoms with van der Waals surface area (Å²) in [5, 5.41) is 12.2. The Morgan fingerprint density at radius 3 is 2.79 bits per heavy atom. The molecule has 3 unspecified atom stereocenters. The van der Waals surface area contributed by atoms with Gasteiger partial charge in [0.15, 0.2) is 0 Å². The molecule has 1 heterocycles. The third-order valence-electron chi connectivity index (χ3n) is 4.02. The zero-order chi connectivity index (χ0) is 14.0. The first-order valence-electron chi connectivity index (χ1n) is 6.62. The summed E-state index contributed by atoms with van der Waals surface area (Å²) < 4.78 is 13.0. The second kappa shape index (κ2) is 5.55. The number of carbonyl (C=O) groups is 1. The van der Waals surface area contributed by atoms with Crippen molar-refractivity contribution < 1.29 is 14.3 Å². The molecule has 1 fully saturated rings. The lowest BCUT2D eigenvalue weighted by Gasteiger charge is -2.33. The van der Waals surface area contributed by atoms with Crippen molar-refractivity contribution in [1.29, 1.82) is 0 Å². The molecule has 1 aromatic rings. The maximum Gasteiger partial charge on any atom is 0.339 e. The van der Waals surface area contributed by atoms with E-state index in [4.69, 9.17) is 5.11 Å². The van der Waals surface area contributed by atoms with E-state index in [9.17, 15) is 9.18 Å². The summed E-state index contributed by atoms with van der Waals surface area (Å²) in [7, 11) is 0. The van der Waals surface area contributed by atoms with Crippen LogP contribution in [0.4, 0.5) is 10.2 Å². The Bertz CT molecular complexity index is 479. The Morgan fingerprint density at radius 2 is 2.16 bits per heavy atom. The Labute approximate surface area is 112 Å². The van der Waals surface area contributed by atoms with E-state index in [1.807, 2.05) is 0 Å². The van der Waals surface area contributed by atoms with Gasteiger partial charge in [-0.2, -0.15) is 0 Å². The fraction of sp³-hybridized carbons (Fsp3) is 0.571. The van der Waals surface area contributed by atoms with Gasteiger partial charge in [0.1, 0.15) is 17.2 Å². The fourth-order valence-corrected chi connectivity index (χ4v) is 2.59. The van der Waals surface area contributed by atoms with Gasteiger partial charge in [-0.15, -0.1) is 0 Å². The molecular formula is C14H19FN2O2. The molecule has 2 N–H and O–H groups in total. The normalized spacial score (nSPS) is 27.0. The van der Waals surface area contributed by atoms with Crippen LogP contribution in [0.2, 0.25) is 0 Å². The minimum Gasteiger partial charge on any atom is -0.478 e. The molecule has 1 aromatic heterocycles. The minimum atomic E-state index is -1.16. The molecule has 0 amide bonds. The molecule has 4 nitrogen and oxygen atoms in total. The van der Waals surface area contributed by atoms with Gasteiger partial charge in [-0.25, -0.2) is 14.2 Å². The van der Waals surface area contributed by atoms with E-state index in [2.05, 4.69) is 24.1 Å². The summed E-state index contributed by atoms with van der Waals surface area (Å²) in [6, 6.07) is 1.22. The first kappa shape index (κ1) is 13.8. The van der Waals surface area contributed by atoms with Gasteiger partial charge in [-0.05, 0) is 37.2 Å². The van der Waals surface area contributed by atoms with Crippen molar-refractivity contribution in [3.05, 3.63) is 23.6 Å². The first-order valence-corrected chi connectivity index (χ1v) is 6.62. The van der Waals surface area contributed by atoms with Crippen LogP contribution < -0.4 is 5.32 Å². The molecule has 0 aliphatic heterocycles. The van der Waals surface area contributed by atoms with Crippen molar-refractivity contribution in [2.75, 3.05) is 5.32 Å². The van der Waals surface area contributed by atoms with Gasteiger partial charge in [0, 0.05) is 6.04 Å². The second-order valence-electron chi connectivity index (χ2n) is 5.46. The molecule has 1 aliphatic rings. The van der Waals surface area contributed by atoms with E-state index in [1.165, 1.54) is 0 Å². The number of hydrogen-bond donors (Lipinski definition) is 2. The van der Waals surface area contributed by atoms with Crippen molar-refractivity contribution in [2.24, 2.45) is 11.8 Å². The van der Waals surface area contributed by atoms with Gasteiger partial charge in [0.25, 0.3) is 0 Å². The van der Waals surface area contributed by atoms with Gasteiger partial charge in [-0.3, -0.25) is 0 Å². The molecule has 0 bridgehead atoms. The largest absolute Gasteiger partial charge is 0.478 e. The summed E-state index contributed by atoms with van der Waals surface area (Å²) >= 11 is 0. The summed E-state index contributed by atoms with van der Waals surface area (Å²) in [5.41, 5.74) is -0.105. The van der Waals surface area contributed by atoms with Crippen LogP contribution in [0.15, 0.2) is 12.3 Å². The number of pyridine rings is 1. The smallest absolute Gasteiger partial charge is 0.339 e. The Balaban J connectivity index is 2.13. The van der Waals surface area contributed by atoms with Crippen LogP contribution in [-0.2, 0) is 0 Å². The maximum atomic E-state index is 13.0. The van der Waals surface area contributed by atoms with Crippen LogP contribution in [0.5, 0.6) is 0 Å². The Morgan fingerprint density at radius 1 is 1.42 bits per heavy atom. The number of rotatable bonds is 3. The van der Waals surface area contributed by atoms with Crippen molar-refractivity contribution >= 4 is 11.8 Å². The number of carboxylic acid groups (broad SMARTS) is 1. The van der Waals surface area contributed by atoms with E-state index in [0.717, 1.165) is 31.5 Å². The highest BCUT2D eigenvalue weighted by Gasteiger charge is 2.25. The van der Waals surface area contributed by atoms with Gasteiger partial charge in [0.05, 0.1) is 6.20 Å². The highest BCUT2D eigenvalue weighted by atomic mass is 19.1. The van der Waals surface area contributed by atoms with E-state index in [-0.39, 0.29) is 17.4 Å². The summed E-state index contributed by atoms with van der Waals surface area (Å²) in [5.74, 6) is -0.237. The number of aromatic carboxylic acids is 1. The monoisotopic (exact) mass is 266 g/mol. The molecule has 3 atom stereocenters. The molecule has 2 rings (SSSR count). The number of hydrogen-bond acceptors (Lipinski definition) is 3.